The Bertz CT molecular complexity index is 323. The maximum atomic E-state index is 11.1. The van der Waals surface area contributed by atoms with Crippen molar-refractivity contribution in [3.8, 4) is 0 Å². The van der Waals surface area contributed by atoms with Gasteiger partial charge in [0.15, 0.2) is 0 Å². The Morgan fingerprint density at radius 3 is 2.85 bits per heavy atom. The molecule has 0 spiro atoms. The van der Waals surface area contributed by atoms with Crippen LogP contribution < -0.4 is 0 Å². The maximum Gasteiger partial charge on any atom is 0.337 e. The van der Waals surface area contributed by atoms with E-state index in [0.717, 1.165) is 9.13 Å². The molecule has 1 aromatic rings. The molecule has 0 radical (unpaired) electrons. The fourth-order valence-corrected chi connectivity index (χ4v) is 1.45. The maximum absolute atomic E-state index is 11.1. The van der Waals surface area contributed by atoms with E-state index in [-0.39, 0.29) is 12.6 Å². The molecule has 0 saturated carbocycles. The lowest BCUT2D eigenvalue weighted by Crippen LogP contribution is -2.02. The van der Waals surface area contributed by atoms with Gasteiger partial charge in [-0.15, -0.1) is 0 Å². The van der Waals surface area contributed by atoms with Crippen molar-refractivity contribution in [3.63, 3.8) is 0 Å². The van der Waals surface area contributed by atoms with Gasteiger partial charge >= 0.3 is 5.97 Å². The van der Waals surface area contributed by atoms with Crippen molar-refractivity contribution in [2.45, 2.75) is 6.61 Å². The molecule has 0 unspecified atom stereocenters. The van der Waals surface area contributed by atoms with Crippen molar-refractivity contribution >= 4 is 28.6 Å². The van der Waals surface area contributed by atoms with Crippen LogP contribution in [0.15, 0.2) is 18.2 Å². The number of methoxy groups -OCH3 is 1. The molecule has 1 aromatic carbocycles. The summed E-state index contributed by atoms with van der Waals surface area (Å²) in [5.41, 5.74) is 1.20. The van der Waals surface area contributed by atoms with E-state index >= 15 is 0 Å². The lowest BCUT2D eigenvalue weighted by atomic mass is 10.1. The molecule has 4 heteroatoms. The summed E-state index contributed by atoms with van der Waals surface area (Å²) in [6.45, 7) is -0.0664. The molecule has 1 rings (SSSR count). The zero-order valence-corrected chi connectivity index (χ0v) is 9.24. The quantitative estimate of drug-likeness (QED) is 0.665. The fraction of sp³-hybridized carbons (Fsp3) is 0.222. The zero-order chi connectivity index (χ0) is 9.84. The normalized spacial score (nSPS) is 9.77. The molecule has 3 nitrogen and oxygen atoms in total. The lowest BCUT2D eigenvalue weighted by molar-refractivity contribution is 0.0600. The smallest absolute Gasteiger partial charge is 0.337 e. The Balaban J connectivity index is 3.06. The van der Waals surface area contributed by atoms with Crippen LogP contribution in [0.2, 0.25) is 0 Å². The summed E-state index contributed by atoms with van der Waals surface area (Å²) in [5, 5.41) is 8.94. The van der Waals surface area contributed by atoms with E-state index in [1.54, 1.807) is 18.2 Å². The second-order valence-corrected chi connectivity index (χ2v) is 3.62. The molecule has 0 amide bonds. The minimum absolute atomic E-state index is 0.0664. The molecule has 0 aliphatic heterocycles. The SMILES string of the molecule is COC(=O)c1ccc(I)c(CO)c1. The van der Waals surface area contributed by atoms with Gasteiger partial charge in [0.1, 0.15) is 0 Å². The van der Waals surface area contributed by atoms with Gasteiger partial charge in [0.25, 0.3) is 0 Å². The van der Waals surface area contributed by atoms with Crippen molar-refractivity contribution in [2.75, 3.05) is 7.11 Å². The zero-order valence-electron chi connectivity index (χ0n) is 7.08. The molecular formula is C9H9IO3. The molecule has 0 fully saturated rings. The van der Waals surface area contributed by atoms with E-state index in [1.165, 1.54) is 7.11 Å². The van der Waals surface area contributed by atoms with Crippen LogP contribution in [0, 0.1) is 3.57 Å². The van der Waals surface area contributed by atoms with Gasteiger partial charge < -0.3 is 9.84 Å². The number of halogens is 1. The highest BCUT2D eigenvalue weighted by Gasteiger charge is 2.07. The molecule has 0 aromatic heterocycles. The molecule has 0 aliphatic carbocycles. The highest BCUT2D eigenvalue weighted by atomic mass is 127. The van der Waals surface area contributed by atoms with Crippen molar-refractivity contribution in [2.24, 2.45) is 0 Å². The predicted molar refractivity (Wildman–Crippen MR) is 56.4 cm³/mol. The third-order valence-corrected chi connectivity index (χ3v) is 2.69. The van der Waals surface area contributed by atoms with Gasteiger partial charge in [-0.3, -0.25) is 0 Å². The van der Waals surface area contributed by atoms with E-state index < -0.39 is 0 Å². The summed E-state index contributed by atoms with van der Waals surface area (Å²) in [6, 6.07) is 5.08. The van der Waals surface area contributed by atoms with Gasteiger partial charge in [-0.2, -0.15) is 0 Å². The molecule has 0 saturated heterocycles. The number of aliphatic hydroxyl groups excluding tert-OH is 1. The summed E-state index contributed by atoms with van der Waals surface area (Å²) in [6.07, 6.45) is 0. The van der Waals surface area contributed by atoms with Crippen LogP contribution in [0.3, 0.4) is 0 Å². The Labute approximate surface area is 89.9 Å². The Kier molecular flexibility index (Phi) is 3.68. The number of hydrogen-bond donors (Lipinski definition) is 1. The van der Waals surface area contributed by atoms with Gasteiger partial charge in [0.2, 0.25) is 0 Å². The number of hydrogen-bond acceptors (Lipinski definition) is 3. The highest BCUT2D eigenvalue weighted by Crippen LogP contribution is 2.14. The fourth-order valence-electron chi connectivity index (χ4n) is 0.941. The van der Waals surface area contributed by atoms with E-state index in [4.69, 9.17) is 5.11 Å². The van der Waals surface area contributed by atoms with Crippen LogP contribution >= 0.6 is 22.6 Å². The van der Waals surface area contributed by atoms with Crippen LogP contribution in [0.5, 0.6) is 0 Å². The van der Waals surface area contributed by atoms with Crippen LogP contribution in [-0.4, -0.2) is 18.2 Å². The van der Waals surface area contributed by atoms with Crippen molar-refractivity contribution < 1.29 is 14.6 Å². The highest BCUT2D eigenvalue weighted by molar-refractivity contribution is 14.1. The predicted octanol–water partition coefficient (Wildman–Crippen LogP) is 1.57. The van der Waals surface area contributed by atoms with Crippen molar-refractivity contribution in [1.29, 1.82) is 0 Å². The number of carbonyl (C=O) groups excluding carboxylic acids is 1. The topological polar surface area (TPSA) is 46.5 Å². The first-order chi connectivity index (χ1) is 6.19. The number of carbonyl (C=O) groups is 1. The van der Waals surface area contributed by atoms with Gasteiger partial charge in [-0.25, -0.2) is 4.79 Å². The van der Waals surface area contributed by atoms with Gasteiger partial charge in [0, 0.05) is 3.57 Å². The molecule has 1 N–H and O–H groups in total. The van der Waals surface area contributed by atoms with Crippen LogP contribution in [0.25, 0.3) is 0 Å². The molecular weight excluding hydrogens is 283 g/mol. The summed E-state index contributed by atoms with van der Waals surface area (Å²) in [5.74, 6) is -0.383. The third-order valence-electron chi connectivity index (χ3n) is 1.64. The van der Waals surface area contributed by atoms with E-state index in [2.05, 4.69) is 27.3 Å². The van der Waals surface area contributed by atoms with Gasteiger partial charge in [0.05, 0.1) is 19.3 Å². The monoisotopic (exact) mass is 292 g/mol. The van der Waals surface area contributed by atoms with Crippen LogP contribution in [0.4, 0.5) is 0 Å². The number of ether oxygens (including phenoxy) is 1. The number of aliphatic hydroxyl groups is 1. The van der Waals surface area contributed by atoms with Gasteiger partial charge in [-0.05, 0) is 46.4 Å². The first kappa shape index (κ1) is 10.5. The molecule has 0 bridgehead atoms. The Morgan fingerprint density at radius 1 is 1.62 bits per heavy atom. The number of benzene rings is 1. The number of esters is 1. The molecule has 0 aliphatic rings. The van der Waals surface area contributed by atoms with Gasteiger partial charge in [-0.1, -0.05) is 0 Å². The first-order valence-electron chi connectivity index (χ1n) is 3.66. The van der Waals surface area contributed by atoms with E-state index in [0.29, 0.717) is 5.56 Å². The summed E-state index contributed by atoms with van der Waals surface area (Å²) < 4.78 is 5.49. The first-order valence-corrected chi connectivity index (χ1v) is 4.74. The van der Waals surface area contributed by atoms with Crippen molar-refractivity contribution in [3.05, 3.63) is 32.9 Å². The third kappa shape index (κ3) is 2.41. The number of rotatable bonds is 2. The minimum Gasteiger partial charge on any atom is -0.465 e. The Morgan fingerprint density at radius 2 is 2.31 bits per heavy atom. The van der Waals surface area contributed by atoms with Crippen molar-refractivity contribution in [1.82, 2.24) is 0 Å². The molecule has 70 valence electrons. The summed E-state index contributed by atoms with van der Waals surface area (Å²) >= 11 is 2.10. The second-order valence-electron chi connectivity index (χ2n) is 2.46. The van der Waals surface area contributed by atoms with Crippen LogP contribution in [-0.2, 0) is 11.3 Å². The second kappa shape index (κ2) is 4.57. The molecule has 0 atom stereocenters. The minimum atomic E-state index is -0.383. The van der Waals surface area contributed by atoms with Crippen LogP contribution in [0.1, 0.15) is 15.9 Å². The largest absolute Gasteiger partial charge is 0.465 e. The lowest BCUT2D eigenvalue weighted by Gasteiger charge is -2.03. The summed E-state index contributed by atoms with van der Waals surface area (Å²) in [4.78, 5) is 11.1. The average molecular weight is 292 g/mol. The molecule has 13 heavy (non-hydrogen) atoms. The van der Waals surface area contributed by atoms with E-state index in [1.807, 2.05) is 0 Å². The standard InChI is InChI=1S/C9H9IO3/c1-13-9(12)6-2-3-8(10)7(4-6)5-11/h2-4,11H,5H2,1H3. The van der Waals surface area contributed by atoms with E-state index in [9.17, 15) is 4.79 Å². The molecule has 0 heterocycles. The Hall–Kier alpha value is -0.620. The average Bonchev–Trinajstić information content (AvgIpc) is 2.17. The summed E-state index contributed by atoms with van der Waals surface area (Å²) in [7, 11) is 1.33.